The summed E-state index contributed by atoms with van der Waals surface area (Å²) < 4.78 is 23.8. The second-order valence-electron chi connectivity index (χ2n) is 23.8. The Morgan fingerprint density at radius 1 is 0.878 bits per heavy atom. The zero-order valence-corrected chi connectivity index (χ0v) is 43.0. The van der Waals surface area contributed by atoms with E-state index in [1.54, 1.807) is 23.2 Å². The van der Waals surface area contributed by atoms with Gasteiger partial charge in [-0.2, -0.15) is 9.97 Å². The van der Waals surface area contributed by atoms with Crippen molar-refractivity contribution in [2.45, 2.75) is 128 Å². The molecule has 74 heavy (non-hydrogen) atoms. The zero-order chi connectivity index (χ0) is 50.6. The number of aromatic nitrogens is 3. The van der Waals surface area contributed by atoms with E-state index in [-0.39, 0.29) is 52.5 Å². The van der Waals surface area contributed by atoms with Crippen molar-refractivity contribution in [3.8, 4) is 23.0 Å². The van der Waals surface area contributed by atoms with E-state index in [1.165, 1.54) is 25.7 Å². The quantitative estimate of drug-likeness (QED) is 0.108. The summed E-state index contributed by atoms with van der Waals surface area (Å²) in [6.45, 7) is 15.4. The number of piperidine rings is 2. The highest BCUT2D eigenvalue weighted by Crippen LogP contribution is 2.54. The molecule has 6 aliphatic heterocycles. The minimum Gasteiger partial charge on any atom is -0.508 e. The number of phenols is 1. The number of anilines is 2. The first-order valence-electron chi connectivity index (χ1n) is 27.6. The number of piperazine rings is 2. The highest BCUT2D eigenvalue weighted by molar-refractivity contribution is 6.06. The van der Waals surface area contributed by atoms with Crippen molar-refractivity contribution in [1.29, 1.82) is 0 Å². The number of carbonyl (C=O) groups is 3. The number of hydrogen-bond acceptors (Lipinski definition) is 13. The monoisotopic (exact) mass is 1000 g/mol. The van der Waals surface area contributed by atoms with Gasteiger partial charge in [-0.05, 0) is 155 Å². The zero-order valence-electron chi connectivity index (χ0n) is 43.0. The fraction of sp³-hybridized carbons (Fsp3) is 0.552. The highest BCUT2D eigenvalue weighted by atomic mass is 19.1. The number of nitrogens with zero attached hydrogens (tertiary/aromatic N) is 8. The number of hydrogen-bond donors (Lipinski definition) is 3. The summed E-state index contributed by atoms with van der Waals surface area (Å²) in [6.07, 6.45) is 12.5. The molecule has 5 atom stereocenters. The van der Waals surface area contributed by atoms with Crippen LogP contribution < -0.4 is 25.2 Å². The molecule has 7 fully saturated rings. The summed E-state index contributed by atoms with van der Waals surface area (Å²) in [5, 5.41) is 19.2. The second-order valence-corrected chi connectivity index (χ2v) is 23.8. The molecule has 0 radical (unpaired) electrons. The minimum absolute atomic E-state index is 0.0278. The molecule has 2 aliphatic carbocycles. The molecule has 2 bridgehead atoms. The number of aryl methyl sites for hydroxylation is 1. The predicted octanol–water partition coefficient (Wildman–Crippen LogP) is 7.20. The molecular weight excluding hydrogens is 936 g/mol. The first-order valence-corrected chi connectivity index (χ1v) is 27.6. The molecular formula is C58H69FN10O5. The lowest BCUT2D eigenvalue weighted by molar-refractivity contribution is -0.136. The van der Waals surface area contributed by atoms with Gasteiger partial charge in [0.1, 0.15) is 28.8 Å². The normalized spacial score (nSPS) is 26.8. The van der Waals surface area contributed by atoms with Crippen LogP contribution in [0, 0.1) is 22.6 Å². The Morgan fingerprint density at radius 3 is 2.38 bits per heavy atom. The van der Waals surface area contributed by atoms with Crippen molar-refractivity contribution in [1.82, 2.24) is 40.3 Å². The Morgan fingerprint density at radius 2 is 1.65 bits per heavy atom. The summed E-state index contributed by atoms with van der Waals surface area (Å²) in [5.74, 6) is 0.123. The van der Waals surface area contributed by atoms with E-state index in [1.807, 2.05) is 24.3 Å². The lowest BCUT2D eigenvalue weighted by atomic mass is 9.57. The summed E-state index contributed by atoms with van der Waals surface area (Å²) in [6, 6.07) is 16.5. The first-order chi connectivity index (χ1) is 35.8. The molecule has 15 nitrogen and oxygen atoms in total. The fourth-order valence-electron chi connectivity index (χ4n) is 14.5. The van der Waals surface area contributed by atoms with Crippen LogP contribution in [0.3, 0.4) is 0 Å². The molecule has 8 aliphatic rings. The van der Waals surface area contributed by atoms with Gasteiger partial charge in [0.25, 0.3) is 5.91 Å². The number of imide groups is 1. The topological polar surface area (TPSA) is 160 Å². The molecule has 2 aromatic heterocycles. The summed E-state index contributed by atoms with van der Waals surface area (Å²) >= 11 is 0. The van der Waals surface area contributed by atoms with E-state index < -0.39 is 11.9 Å². The van der Waals surface area contributed by atoms with Gasteiger partial charge < -0.3 is 34.8 Å². The van der Waals surface area contributed by atoms with E-state index >= 15 is 4.39 Å². The van der Waals surface area contributed by atoms with Crippen LogP contribution in [-0.2, 0) is 22.6 Å². The number of fused-ring (bicyclic) bond motifs is 5. The Kier molecular flexibility index (Phi) is 11.9. The maximum absolute atomic E-state index is 17.2. The third-order valence-corrected chi connectivity index (χ3v) is 18.7. The molecule has 2 unspecified atom stereocenters. The van der Waals surface area contributed by atoms with Gasteiger partial charge in [0, 0.05) is 105 Å². The van der Waals surface area contributed by atoms with Crippen LogP contribution in [0.15, 0.2) is 54.7 Å². The van der Waals surface area contributed by atoms with Crippen LogP contribution in [0.1, 0.15) is 106 Å². The van der Waals surface area contributed by atoms with Gasteiger partial charge in [-0.15, -0.1) is 0 Å². The van der Waals surface area contributed by atoms with E-state index in [2.05, 4.69) is 63.1 Å². The summed E-state index contributed by atoms with van der Waals surface area (Å²) in [5.41, 5.74) is 5.15. The number of nitrogens with one attached hydrogen (secondary N) is 2. The third kappa shape index (κ3) is 8.62. The number of aromatic hydroxyl groups is 1. The van der Waals surface area contributed by atoms with E-state index in [0.717, 1.165) is 112 Å². The van der Waals surface area contributed by atoms with E-state index in [4.69, 9.17) is 19.7 Å². The number of halogens is 1. The number of ether oxygens (including phenoxy) is 1. The SMILES string of the molecule is CCc1cccc2cc(O)cc(-c3ncc4c(N5CC6CCC(C5)N6)nc(OCC5(CN6CCC7(CC6)CC(CN6[C@@H](C)CN(c8ccc9c(c8)CN([C@H]8CCC(=O)NC8=O)C9=O)C[C@@H]6C)C7)CC5)nc4c3F)c12. The number of amides is 3. The maximum atomic E-state index is 17.2. The molecule has 5 saturated heterocycles. The Hall–Kier alpha value is -5.97. The number of benzene rings is 3. The summed E-state index contributed by atoms with van der Waals surface area (Å²) in [7, 11) is 0. The second kappa shape index (κ2) is 18.4. The largest absolute Gasteiger partial charge is 0.508 e. The average molecular weight is 1010 g/mol. The van der Waals surface area contributed by atoms with Gasteiger partial charge in [-0.25, -0.2) is 4.39 Å². The van der Waals surface area contributed by atoms with Crippen molar-refractivity contribution >= 4 is 50.9 Å². The number of pyridine rings is 1. The van der Waals surface area contributed by atoms with Gasteiger partial charge in [0.15, 0.2) is 5.82 Å². The van der Waals surface area contributed by atoms with Gasteiger partial charge >= 0.3 is 6.01 Å². The van der Waals surface area contributed by atoms with Gasteiger partial charge in [0.2, 0.25) is 11.8 Å². The van der Waals surface area contributed by atoms with Crippen LogP contribution in [0.2, 0.25) is 0 Å². The molecule has 13 rings (SSSR count). The number of rotatable bonds is 12. The van der Waals surface area contributed by atoms with Crippen molar-refractivity contribution in [3.63, 3.8) is 0 Å². The lowest BCUT2D eigenvalue weighted by Gasteiger charge is -2.55. The smallest absolute Gasteiger partial charge is 0.319 e. The molecule has 388 valence electrons. The van der Waals surface area contributed by atoms with Crippen molar-refractivity contribution in [3.05, 3.63) is 77.2 Å². The maximum Gasteiger partial charge on any atom is 0.319 e. The Labute approximate surface area is 432 Å². The van der Waals surface area contributed by atoms with Crippen molar-refractivity contribution < 1.29 is 28.6 Å². The highest BCUT2D eigenvalue weighted by Gasteiger charge is 2.50. The van der Waals surface area contributed by atoms with Crippen LogP contribution in [0.25, 0.3) is 32.9 Å². The first kappa shape index (κ1) is 47.7. The average Bonchev–Trinajstić information content (AvgIpc) is 3.97. The Balaban J connectivity index is 0.634. The molecule has 3 N–H and O–H groups in total. The molecule has 8 heterocycles. The molecule has 1 spiro atoms. The number of phenolic OH excluding ortho intramolecular Hbond substituents is 1. The number of carbonyl (C=O) groups excluding carboxylic acids is 3. The predicted molar refractivity (Wildman–Crippen MR) is 282 cm³/mol. The van der Waals surface area contributed by atoms with Crippen molar-refractivity contribution in [2.75, 3.05) is 68.8 Å². The molecule has 16 heteroatoms. The fourth-order valence-corrected chi connectivity index (χ4v) is 14.5. The van der Waals surface area contributed by atoms with Crippen LogP contribution in [0.5, 0.6) is 11.8 Å². The van der Waals surface area contributed by atoms with Crippen LogP contribution >= 0.6 is 0 Å². The Bertz CT molecular complexity index is 3050. The summed E-state index contributed by atoms with van der Waals surface area (Å²) in [4.78, 5) is 64.1. The van der Waals surface area contributed by atoms with E-state index in [9.17, 15) is 19.5 Å². The molecule has 3 aromatic carbocycles. The third-order valence-electron chi connectivity index (χ3n) is 18.7. The van der Waals surface area contributed by atoms with Crippen LogP contribution in [0.4, 0.5) is 15.9 Å². The molecule has 5 aromatic rings. The van der Waals surface area contributed by atoms with Gasteiger partial charge in [-0.1, -0.05) is 25.1 Å². The molecule has 2 saturated carbocycles. The minimum atomic E-state index is -0.608. The molecule has 3 amide bonds. The van der Waals surface area contributed by atoms with Gasteiger partial charge in [-0.3, -0.25) is 29.6 Å². The standard InChI is InChI=1S/C58H69FN10O5/c1-4-37-6-5-7-38-21-43(70)22-45(49(37)38)51-50(59)52-46(25-60-51)53(67-30-40-8-9-41(31-67)61-40)64-56(63-52)74-33-58(14-15-58)32-65-18-16-57(17-19-65)23-36(24-57)28-68-34(2)26-66(27-35(68)3)42-10-11-44-39(20-42)29-69(55(44)73)47-12-13-48(71)62-54(47)72/h5-7,10-11,20-22,25,34-36,40-41,47,61,70H,4,8-9,12-19,23-24,26-33H2,1-3H3,(H,62,71,72)/t34-,35-,40?,41?,47-/m0/s1. The van der Waals surface area contributed by atoms with Crippen LogP contribution in [-0.4, -0.2) is 142 Å². The lowest BCUT2D eigenvalue weighted by Crippen LogP contribution is -2.59. The van der Waals surface area contributed by atoms with Crippen molar-refractivity contribution in [2.24, 2.45) is 16.7 Å². The van der Waals surface area contributed by atoms with E-state index in [0.29, 0.717) is 77.4 Å². The van der Waals surface area contributed by atoms with Gasteiger partial charge in [0.05, 0.1) is 12.0 Å². The number of likely N-dealkylation sites (tertiary alicyclic amines) is 1.